The van der Waals surface area contributed by atoms with Crippen molar-refractivity contribution >= 4 is 68.6 Å². The molecule has 0 spiro atoms. The first kappa shape index (κ1) is 55.4. The van der Waals surface area contributed by atoms with Gasteiger partial charge in [0.25, 0.3) is 6.71 Å². The maximum Gasteiger partial charge on any atom is 0.252 e. The van der Waals surface area contributed by atoms with E-state index in [-0.39, 0.29) is 50.2 Å². The summed E-state index contributed by atoms with van der Waals surface area (Å²) in [6, 6.07) is 65.9. The van der Waals surface area contributed by atoms with Gasteiger partial charge in [-0.1, -0.05) is 233 Å². The Morgan fingerprint density at radius 2 is 0.867 bits per heavy atom. The van der Waals surface area contributed by atoms with Gasteiger partial charge in [-0.05, 0) is 186 Å². The van der Waals surface area contributed by atoms with Crippen molar-refractivity contribution in [2.75, 3.05) is 14.7 Å². The second kappa shape index (κ2) is 18.6. The average Bonchev–Trinajstić information content (AvgIpc) is 3.28. The number of hydrogen-bond donors (Lipinski definition) is 0. The zero-order chi connectivity index (χ0) is 58.8. The number of fused-ring (bicyclic) bond motifs is 8. The predicted molar refractivity (Wildman–Crippen MR) is 359 cm³/mol. The molecule has 1 fully saturated rings. The molecule has 83 heavy (non-hydrogen) atoms. The highest BCUT2D eigenvalue weighted by atomic mass is 15.3. The van der Waals surface area contributed by atoms with E-state index in [0.717, 1.165) is 25.7 Å². The van der Waals surface area contributed by atoms with Crippen LogP contribution in [-0.2, 0) is 37.9 Å². The molecular weight excluding hydrogens is 1000 g/mol. The number of rotatable bonds is 5. The third-order valence-corrected chi connectivity index (χ3v) is 21.0. The quantitative estimate of drug-likeness (QED) is 0.159. The van der Waals surface area contributed by atoms with Crippen LogP contribution in [0.25, 0.3) is 11.1 Å². The summed E-state index contributed by atoms with van der Waals surface area (Å²) in [5.74, 6) is 0. The van der Waals surface area contributed by atoms with Crippen LogP contribution in [0.15, 0.2) is 164 Å². The monoisotopic (exact) mass is 1090 g/mol. The van der Waals surface area contributed by atoms with Crippen LogP contribution in [0.3, 0.4) is 0 Å². The molecule has 0 aromatic heterocycles. The van der Waals surface area contributed by atoms with E-state index in [1.807, 2.05) is 0 Å². The van der Waals surface area contributed by atoms with Gasteiger partial charge in [-0.25, -0.2) is 0 Å². The summed E-state index contributed by atoms with van der Waals surface area (Å²) in [7, 11) is 0. The van der Waals surface area contributed by atoms with Crippen molar-refractivity contribution in [2.45, 2.75) is 200 Å². The molecule has 0 bridgehead atoms. The van der Waals surface area contributed by atoms with Gasteiger partial charge in [0.05, 0.1) is 11.2 Å². The average molecular weight is 1090 g/mol. The fourth-order valence-electron chi connectivity index (χ4n) is 16.0. The second-order valence-electron chi connectivity index (χ2n) is 31.5. The number of anilines is 8. The molecule has 3 aliphatic heterocycles. The Labute approximate surface area is 499 Å². The zero-order valence-corrected chi connectivity index (χ0v) is 53.3. The van der Waals surface area contributed by atoms with Crippen LogP contribution in [0.2, 0.25) is 0 Å². The SMILES string of the molecule is CC(C)(C)c1ccc(N2c3ccc(C(C)(C)C)cc3B3c4cc5c(cc4N(c4ccc(C(C)(C)C)cc4-c4ccccc4)c4cc(N6c7ccc(C(C)(C)C)cc7C7(c8ccccc8)CCCCC67C)cc2c43)C(C)(C)CCC5(C)C)cc1. The van der Waals surface area contributed by atoms with Gasteiger partial charge >= 0.3 is 0 Å². The minimum Gasteiger partial charge on any atom is -0.334 e. The van der Waals surface area contributed by atoms with Gasteiger partial charge in [-0.2, -0.15) is 0 Å². The van der Waals surface area contributed by atoms with Gasteiger partial charge < -0.3 is 14.7 Å². The lowest BCUT2D eigenvalue weighted by Crippen LogP contribution is -2.62. The fourth-order valence-corrected chi connectivity index (χ4v) is 16.0. The molecule has 3 nitrogen and oxygen atoms in total. The van der Waals surface area contributed by atoms with Crippen LogP contribution < -0.4 is 31.1 Å². The van der Waals surface area contributed by atoms with E-state index in [0.29, 0.717) is 0 Å². The van der Waals surface area contributed by atoms with E-state index >= 15 is 0 Å². The normalized spacial score (nSPS) is 20.5. The molecule has 0 amide bonds. The number of hydrogen-bond acceptors (Lipinski definition) is 3. The Bertz CT molecular complexity index is 3870. The van der Waals surface area contributed by atoms with Gasteiger partial charge in [0, 0.05) is 50.8 Å². The molecule has 13 rings (SSSR count). The molecule has 2 unspecified atom stereocenters. The highest BCUT2D eigenvalue weighted by Crippen LogP contribution is 2.65. The van der Waals surface area contributed by atoms with Crippen LogP contribution in [-0.4, -0.2) is 12.3 Å². The maximum absolute atomic E-state index is 2.87. The van der Waals surface area contributed by atoms with E-state index < -0.39 is 0 Å². The first-order chi connectivity index (χ1) is 39.0. The minimum atomic E-state index is -0.297. The lowest BCUT2D eigenvalue weighted by Gasteiger charge is -2.53. The lowest BCUT2D eigenvalue weighted by atomic mass is 9.33. The summed E-state index contributed by atoms with van der Waals surface area (Å²) < 4.78 is 0. The third kappa shape index (κ3) is 8.55. The van der Waals surface area contributed by atoms with Gasteiger partial charge in [0.2, 0.25) is 0 Å². The van der Waals surface area contributed by atoms with Crippen molar-refractivity contribution in [3.63, 3.8) is 0 Å². The summed E-state index contributed by atoms with van der Waals surface area (Å²) >= 11 is 0. The summed E-state index contributed by atoms with van der Waals surface area (Å²) in [5, 5.41) is 0. The topological polar surface area (TPSA) is 9.72 Å². The largest absolute Gasteiger partial charge is 0.334 e. The van der Waals surface area contributed by atoms with E-state index in [4.69, 9.17) is 0 Å². The standard InChI is InChI=1S/C79H90BN3/c1-72(2,3)52-30-35-57(36-31-52)81-67-39-34-56(75(10,11)12)46-63(67)80-64-49-60-61(77(15,16)43-42-76(60,13)14)50-68(64)82(65-37-32-54(73(4,5)6)44-59(65)51-26-20-18-21-27-51)70-48-58(47-69(81)71(70)80)83-66-38-33-55(74(7,8)9)45-62(66)79(53-28-22-19-23-29-53)41-25-24-40-78(79,83)17/h18-23,26-39,44-50H,24-25,40-43H2,1-17H3. The first-order valence-corrected chi connectivity index (χ1v) is 31.5. The first-order valence-electron chi connectivity index (χ1n) is 31.5. The number of benzene rings is 8. The fraction of sp³-hybridized carbons (Fsp3) is 0.392. The van der Waals surface area contributed by atoms with Crippen molar-refractivity contribution in [3.05, 3.63) is 208 Å². The van der Waals surface area contributed by atoms with Crippen molar-refractivity contribution in [1.82, 2.24) is 0 Å². The molecule has 424 valence electrons. The smallest absolute Gasteiger partial charge is 0.252 e. The molecule has 1 saturated carbocycles. The second-order valence-corrected chi connectivity index (χ2v) is 31.5. The lowest BCUT2D eigenvalue weighted by molar-refractivity contribution is 0.215. The predicted octanol–water partition coefficient (Wildman–Crippen LogP) is 19.7. The van der Waals surface area contributed by atoms with Gasteiger partial charge in [-0.15, -0.1) is 0 Å². The van der Waals surface area contributed by atoms with Crippen LogP contribution in [0.4, 0.5) is 45.5 Å². The molecule has 5 aliphatic rings. The Hall–Kier alpha value is -6.78. The van der Waals surface area contributed by atoms with E-state index in [9.17, 15) is 0 Å². The van der Waals surface area contributed by atoms with Gasteiger partial charge in [0.15, 0.2) is 0 Å². The molecule has 0 N–H and O–H groups in total. The Morgan fingerprint density at radius 1 is 0.373 bits per heavy atom. The summed E-state index contributed by atoms with van der Waals surface area (Å²) in [6.07, 6.45) is 6.83. The van der Waals surface area contributed by atoms with Crippen molar-refractivity contribution in [1.29, 1.82) is 0 Å². The minimum absolute atomic E-state index is 0.00349. The van der Waals surface area contributed by atoms with Crippen LogP contribution in [0.1, 0.15) is 201 Å². The van der Waals surface area contributed by atoms with E-state index in [1.54, 1.807) is 0 Å². The molecule has 2 aliphatic carbocycles. The Morgan fingerprint density at radius 3 is 1.47 bits per heavy atom. The van der Waals surface area contributed by atoms with Gasteiger partial charge in [-0.3, -0.25) is 0 Å². The van der Waals surface area contributed by atoms with Crippen LogP contribution in [0, 0.1) is 0 Å². The van der Waals surface area contributed by atoms with E-state index in [1.165, 1.54) is 130 Å². The van der Waals surface area contributed by atoms with Gasteiger partial charge in [0.1, 0.15) is 0 Å². The maximum atomic E-state index is 2.87. The third-order valence-electron chi connectivity index (χ3n) is 21.0. The molecule has 0 radical (unpaired) electrons. The molecule has 8 aromatic rings. The zero-order valence-electron chi connectivity index (χ0n) is 53.3. The van der Waals surface area contributed by atoms with Crippen LogP contribution >= 0.6 is 0 Å². The summed E-state index contributed by atoms with van der Waals surface area (Å²) in [4.78, 5) is 8.32. The Balaban J connectivity index is 1.21. The van der Waals surface area contributed by atoms with Crippen molar-refractivity contribution < 1.29 is 0 Å². The summed E-state index contributed by atoms with van der Waals surface area (Å²) in [5.41, 5.74) is 27.3. The number of nitrogens with zero attached hydrogens (tertiary/aromatic N) is 3. The molecule has 2 atom stereocenters. The van der Waals surface area contributed by atoms with Crippen molar-refractivity contribution in [2.24, 2.45) is 0 Å². The molecule has 4 heteroatoms. The summed E-state index contributed by atoms with van der Waals surface area (Å²) in [6.45, 7) is 41.0. The highest BCUT2D eigenvalue weighted by molar-refractivity contribution is 7.00. The molecule has 0 saturated heterocycles. The molecular formula is C79H90BN3. The highest BCUT2D eigenvalue weighted by Gasteiger charge is 2.62. The van der Waals surface area contributed by atoms with Crippen LogP contribution in [0.5, 0.6) is 0 Å². The Kier molecular flexibility index (Phi) is 12.4. The molecule has 3 heterocycles. The van der Waals surface area contributed by atoms with Crippen molar-refractivity contribution in [3.8, 4) is 11.1 Å². The molecule has 8 aromatic carbocycles. The van der Waals surface area contributed by atoms with E-state index in [2.05, 4.69) is 296 Å².